The number of aliphatic hydroxyl groups excluding tert-OH is 1. The van der Waals surface area contributed by atoms with Crippen molar-refractivity contribution in [1.82, 2.24) is 9.55 Å². The van der Waals surface area contributed by atoms with Crippen LogP contribution in [-0.4, -0.2) is 21.3 Å². The van der Waals surface area contributed by atoms with Gasteiger partial charge in [0, 0.05) is 19.1 Å². The minimum Gasteiger partial charge on any atom is -0.396 e. The van der Waals surface area contributed by atoms with E-state index in [0.29, 0.717) is 5.92 Å². The van der Waals surface area contributed by atoms with Crippen LogP contribution in [0.5, 0.6) is 0 Å². The summed E-state index contributed by atoms with van der Waals surface area (Å²) in [5.74, 6) is 1.87. The smallest absolute Gasteiger partial charge is 0.112 e. The van der Waals surface area contributed by atoms with E-state index in [-0.39, 0.29) is 6.61 Å². The molecule has 1 aliphatic carbocycles. The highest BCUT2D eigenvalue weighted by Crippen LogP contribution is 2.37. The van der Waals surface area contributed by atoms with Crippen molar-refractivity contribution in [2.24, 2.45) is 0 Å². The molecule has 0 aliphatic heterocycles. The molecule has 3 heteroatoms. The second kappa shape index (κ2) is 4.49. The zero-order valence-electron chi connectivity index (χ0n) is 9.97. The number of rotatable bonds is 4. The standard InChI is InChI=1S/C14H18N2O/c17-10-4-9-16-13-8-2-1-7-12(13)15-14(16)11-5-3-6-11/h1-2,7-8,11,17H,3-6,9-10H2. The summed E-state index contributed by atoms with van der Waals surface area (Å²) < 4.78 is 2.30. The molecule has 0 spiro atoms. The molecule has 0 atom stereocenters. The molecule has 1 aliphatic rings. The van der Waals surface area contributed by atoms with Gasteiger partial charge in [-0.15, -0.1) is 0 Å². The van der Waals surface area contributed by atoms with E-state index < -0.39 is 0 Å². The average molecular weight is 230 g/mol. The second-order valence-corrected chi connectivity index (χ2v) is 4.82. The van der Waals surface area contributed by atoms with Gasteiger partial charge in [0.15, 0.2) is 0 Å². The number of nitrogens with zero attached hydrogens (tertiary/aromatic N) is 2. The summed E-state index contributed by atoms with van der Waals surface area (Å²) in [6.07, 6.45) is 4.67. The van der Waals surface area contributed by atoms with Crippen molar-refractivity contribution in [3.63, 3.8) is 0 Å². The monoisotopic (exact) mass is 230 g/mol. The van der Waals surface area contributed by atoms with Gasteiger partial charge in [-0.05, 0) is 31.4 Å². The summed E-state index contributed by atoms with van der Waals surface area (Å²) in [4.78, 5) is 4.77. The van der Waals surface area contributed by atoms with E-state index in [9.17, 15) is 0 Å². The molecular formula is C14H18N2O. The number of hydrogen-bond donors (Lipinski definition) is 1. The lowest BCUT2D eigenvalue weighted by atomic mass is 9.85. The molecule has 2 aromatic rings. The Bertz CT molecular complexity index is 514. The first-order valence-electron chi connectivity index (χ1n) is 6.46. The van der Waals surface area contributed by atoms with E-state index in [1.54, 1.807) is 0 Å². The summed E-state index contributed by atoms with van der Waals surface area (Å²) in [5, 5.41) is 9.00. The third-order valence-electron chi connectivity index (χ3n) is 3.69. The third-order valence-corrected chi connectivity index (χ3v) is 3.69. The summed E-state index contributed by atoms with van der Waals surface area (Å²) >= 11 is 0. The predicted molar refractivity (Wildman–Crippen MR) is 68.0 cm³/mol. The Morgan fingerprint density at radius 1 is 1.29 bits per heavy atom. The Labute approximate surface area is 101 Å². The van der Waals surface area contributed by atoms with E-state index in [1.807, 2.05) is 6.07 Å². The van der Waals surface area contributed by atoms with Gasteiger partial charge in [-0.2, -0.15) is 0 Å². The van der Waals surface area contributed by atoms with Crippen LogP contribution in [0.1, 0.15) is 37.4 Å². The first-order chi connectivity index (χ1) is 8.40. The van der Waals surface area contributed by atoms with E-state index in [4.69, 9.17) is 10.1 Å². The van der Waals surface area contributed by atoms with Crippen LogP contribution < -0.4 is 0 Å². The highest BCUT2D eigenvalue weighted by Gasteiger charge is 2.25. The molecule has 17 heavy (non-hydrogen) atoms. The SMILES string of the molecule is OCCCn1c(C2CCC2)nc2ccccc21. The second-order valence-electron chi connectivity index (χ2n) is 4.82. The van der Waals surface area contributed by atoms with Crippen molar-refractivity contribution in [3.05, 3.63) is 30.1 Å². The maximum atomic E-state index is 9.00. The molecule has 0 radical (unpaired) electrons. The maximum absolute atomic E-state index is 9.00. The van der Waals surface area contributed by atoms with Crippen molar-refractivity contribution in [1.29, 1.82) is 0 Å². The molecule has 0 bridgehead atoms. The van der Waals surface area contributed by atoms with Gasteiger partial charge in [-0.3, -0.25) is 0 Å². The Balaban J connectivity index is 2.05. The lowest BCUT2D eigenvalue weighted by Gasteiger charge is -2.25. The molecular weight excluding hydrogens is 212 g/mol. The predicted octanol–water partition coefficient (Wildman–Crippen LogP) is 2.69. The summed E-state index contributed by atoms with van der Waals surface area (Å²) in [6.45, 7) is 1.12. The van der Waals surface area contributed by atoms with Gasteiger partial charge in [-0.25, -0.2) is 4.98 Å². The first kappa shape index (κ1) is 10.8. The van der Waals surface area contributed by atoms with Gasteiger partial charge >= 0.3 is 0 Å². The van der Waals surface area contributed by atoms with Crippen molar-refractivity contribution < 1.29 is 5.11 Å². The molecule has 0 saturated heterocycles. The average Bonchev–Trinajstić information content (AvgIpc) is 2.62. The normalized spacial score (nSPS) is 16.3. The van der Waals surface area contributed by atoms with E-state index in [1.165, 1.54) is 30.6 Å². The van der Waals surface area contributed by atoms with Crippen molar-refractivity contribution >= 4 is 11.0 Å². The van der Waals surface area contributed by atoms with Crippen LogP contribution in [0.15, 0.2) is 24.3 Å². The number of benzene rings is 1. The molecule has 90 valence electrons. The van der Waals surface area contributed by atoms with E-state index in [0.717, 1.165) is 18.5 Å². The van der Waals surface area contributed by atoms with Gasteiger partial charge < -0.3 is 9.67 Å². The van der Waals surface area contributed by atoms with Crippen LogP contribution in [0.4, 0.5) is 0 Å². The fourth-order valence-electron chi connectivity index (χ4n) is 2.54. The molecule has 3 rings (SSSR count). The molecule has 1 heterocycles. The number of hydrogen-bond acceptors (Lipinski definition) is 2. The van der Waals surface area contributed by atoms with Crippen molar-refractivity contribution in [3.8, 4) is 0 Å². The largest absolute Gasteiger partial charge is 0.396 e. The summed E-state index contributed by atoms with van der Waals surface area (Å²) in [7, 11) is 0. The number of para-hydroxylation sites is 2. The third kappa shape index (κ3) is 1.84. The van der Waals surface area contributed by atoms with Gasteiger partial charge in [0.25, 0.3) is 0 Å². The van der Waals surface area contributed by atoms with Crippen molar-refractivity contribution in [2.75, 3.05) is 6.61 Å². The molecule has 0 unspecified atom stereocenters. The number of aromatic nitrogens is 2. The minimum atomic E-state index is 0.247. The fourth-order valence-corrected chi connectivity index (χ4v) is 2.54. The van der Waals surface area contributed by atoms with Crippen LogP contribution in [0.3, 0.4) is 0 Å². The Morgan fingerprint density at radius 2 is 2.12 bits per heavy atom. The van der Waals surface area contributed by atoms with Crippen molar-refractivity contribution in [2.45, 2.75) is 38.1 Å². The molecule has 1 aromatic heterocycles. The fraction of sp³-hybridized carbons (Fsp3) is 0.500. The minimum absolute atomic E-state index is 0.247. The highest BCUT2D eigenvalue weighted by atomic mass is 16.3. The Hall–Kier alpha value is -1.35. The first-order valence-corrected chi connectivity index (χ1v) is 6.46. The van der Waals surface area contributed by atoms with Gasteiger partial charge in [-0.1, -0.05) is 18.6 Å². The van der Waals surface area contributed by atoms with Crippen LogP contribution in [0, 0.1) is 0 Å². The lowest BCUT2D eigenvalue weighted by molar-refractivity contribution is 0.277. The van der Waals surface area contributed by atoms with Crippen LogP contribution in [-0.2, 0) is 6.54 Å². The lowest BCUT2D eigenvalue weighted by Crippen LogP contribution is -2.16. The highest BCUT2D eigenvalue weighted by molar-refractivity contribution is 5.76. The van der Waals surface area contributed by atoms with Gasteiger partial charge in [0.05, 0.1) is 11.0 Å². The van der Waals surface area contributed by atoms with Crippen LogP contribution in [0.2, 0.25) is 0 Å². The maximum Gasteiger partial charge on any atom is 0.112 e. The number of aryl methyl sites for hydroxylation is 1. The van der Waals surface area contributed by atoms with E-state index >= 15 is 0 Å². The molecule has 1 fully saturated rings. The van der Waals surface area contributed by atoms with Crippen LogP contribution >= 0.6 is 0 Å². The Morgan fingerprint density at radius 3 is 2.82 bits per heavy atom. The molecule has 1 N–H and O–H groups in total. The number of fused-ring (bicyclic) bond motifs is 1. The molecule has 1 saturated carbocycles. The topological polar surface area (TPSA) is 38.0 Å². The van der Waals surface area contributed by atoms with Crippen LogP contribution in [0.25, 0.3) is 11.0 Å². The summed E-state index contributed by atoms with van der Waals surface area (Å²) in [6, 6.07) is 8.30. The van der Waals surface area contributed by atoms with Gasteiger partial charge in [0.1, 0.15) is 5.82 Å². The molecule has 3 nitrogen and oxygen atoms in total. The van der Waals surface area contributed by atoms with Gasteiger partial charge in [0.2, 0.25) is 0 Å². The summed E-state index contributed by atoms with van der Waals surface area (Å²) in [5.41, 5.74) is 2.30. The molecule has 1 aromatic carbocycles. The zero-order chi connectivity index (χ0) is 11.7. The van der Waals surface area contributed by atoms with E-state index in [2.05, 4.69) is 22.8 Å². The number of imidazole rings is 1. The zero-order valence-corrected chi connectivity index (χ0v) is 9.97. The molecule has 0 amide bonds. The number of aliphatic hydroxyl groups is 1. The Kier molecular flexibility index (Phi) is 2.85. The quantitative estimate of drug-likeness (QED) is 0.877.